The van der Waals surface area contributed by atoms with Gasteiger partial charge in [0.05, 0.1) is 13.0 Å². The molecule has 0 atom stereocenters. The molecule has 9 heteroatoms. The van der Waals surface area contributed by atoms with Crippen molar-refractivity contribution in [2.24, 2.45) is 0 Å². The molecule has 1 heterocycles. The van der Waals surface area contributed by atoms with E-state index in [0.29, 0.717) is 5.02 Å². The van der Waals surface area contributed by atoms with Crippen LogP contribution < -0.4 is 16.0 Å². The predicted octanol–water partition coefficient (Wildman–Crippen LogP) is 1.75. The van der Waals surface area contributed by atoms with Crippen LogP contribution in [0.2, 0.25) is 5.02 Å². The summed E-state index contributed by atoms with van der Waals surface area (Å²) in [5.41, 5.74) is 9.07. The average molecular weight is 355 g/mol. The van der Waals surface area contributed by atoms with Crippen LogP contribution >= 0.6 is 22.9 Å². The third kappa shape index (κ3) is 4.11. The number of nitrogens with one attached hydrogen (secondary N) is 2. The number of amides is 1. The number of ether oxygens (including phenoxy) is 1. The fourth-order valence-electron chi connectivity index (χ4n) is 1.81. The van der Waals surface area contributed by atoms with Gasteiger partial charge >= 0.3 is 5.97 Å². The Hall–Kier alpha value is -2.32. The number of benzene rings is 1. The number of aromatic nitrogens is 1. The molecular weight excluding hydrogens is 340 g/mol. The molecule has 0 fully saturated rings. The molecule has 0 radical (unpaired) electrons. The van der Waals surface area contributed by atoms with Crippen LogP contribution in [-0.4, -0.2) is 23.2 Å². The number of carbonyl (C=O) groups excluding carboxylic acids is 2. The van der Waals surface area contributed by atoms with Crippen molar-refractivity contribution in [3.8, 4) is 0 Å². The maximum Gasteiger partial charge on any atom is 0.352 e. The van der Waals surface area contributed by atoms with Gasteiger partial charge in [-0.1, -0.05) is 35.1 Å². The Morgan fingerprint density at radius 1 is 1.39 bits per heavy atom. The third-order valence-electron chi connectivity index (χ3n) is 2.85. The van der Waals surface area contributed by atoms with Gasteiger partial charge in [0.2, 0.25) is 10.7 Å². The first-order chi connectivity index (χ1) is 10.9. The number of anilines is 1. The van der Waals surface area contributed by atoms with E-state index in [4.69, 9.17) is 27.5 Å². The summed E-state index contributed by atoms with van der Waals surface area (Å²) in [6.07, 6.45) is 0.0909. The second-order valence-electron chi connectivity index (χ2n) is 4.52. The molecule has 0 spiro atoms. The fraction of sp³-hybridized carbons (Fsp3) is 0.214. The van der Waals surface area contributed by atoms with Gasteiger partial charge in [-0.15, -0.1) is 0 Å². The minimum absolute atomic E-state index is 0.0251. The van der Waals surface area contributed by atoms with Crippen molar-refractivity contribution in [2.45, 2.75) is 13.3 Å². The molecule has 122 valence electrons. The summed E-state index contributed by atoms with van der Waals surface area (Å²) in [5, 5.41) is 8.40. The van der Waals surface area contributed by atoms with E-state index >= 15 is 0 Å². The molecule has 1 aromatic heterocycles. The zero-order valence-corrected chi connectivity index (χ0v) is 13.8. The highest BCUT2D eigenvalue weighted by atomic mass is 35.5. The molecule has 1 amide bonds. The quantitative estimate of drug-likeness (QED) is 0.710. The zero-order chi connectivity index (χ0) is 17.0. The second kappa shape index (κ2) is 7.30. The van der Waals surface area contributed by atoms with Crippen LogP contribution in [0.1, 0.15) is 22.2 Å². The van der Waals surface area contributed by atoms with Crippen LogP contribution in [-0.2, 0) is 16.0 Å². The van der Waals surface area contributed by atoms with Crippen LogP contribution in [0.4, 0.5) is 5.82 Å². The van der Waals surface area contributed by atoms with E-state index in [0.717, 1.165) is 21.6 Å². The smallest absolute Gasteiger partial charge is 0.352 e. The Balaban J connectivity index is 2.13. The monoisotopic (exact) mass is 354 g/mol. The lowest BCUT2D eigenvalue weighted by Crippen LogP contribution is -2.32. The summed E-state index contributed by atoms with van der Waals surface area (Å²) >= 11 is 6.63. The number of hydrogen-bond acceptors (Lipinski definition) is 6. The molecule has 0 aliphatic rings. The van der Waals surface area contributed by atoms with E-state index in [1.54, 1.807) is 31.2 Å². The second-order valence-corrected chi connectivity index (χ2v) is 5.95. The van der Waals surface area contributed by atoms with Crippen molar-refractivity contribution in [1.82, 2.24) is 4.68 Å². The Morgan fingerprint density at radius 3 is 2.65 bits per heavy atom. The number of esters is 1. The zero-order valence-electron chi connectivity index (χ0n) is 12.3. The number of thiazole rings is 1. The molecule has 23 heavy (non-hydrogen) atoms. The molecule has 0 aliphatic carbocycles. The number of halogens is 1. The van der Waals surface area contributed by atoms with Gasteiger partial charge < -0.3 is 10.5 Å². The van der Waals surface area contributed by atoms with Gasteiger partial charge in [-0.05, 0) is 24.6 Å². The first-order valence-electron chi connectivity index (χ1n) is 6.69. The van der Waals surface area contributed by atoms with Gasteiger partial charge in [0.15, 0.2) is 10.7 Å². The molecule has 1 aromatic carbocycles. The summed E-state index contributed by atoms with van der Waals surface area (Å²) in [5.74, 6) is -1.01. The standard InChI is InChI=1S/C14H15ClN4O3S/c1-2-22-13(21)11-12(16)19(14(17)23-11)18-10(20)7-8-3-5-9(15)6-4-8/h3-6,17H,2,7,16H2,1H3,(H,18,20). The third-order valence-corrected chi connectivity index (χ3v) is 4.06. The number of carbonyl (C=O) groups is 2. The molecule has 0 saturated carbocycles. The molecule has 0 saturated heterocycles. The van der Waals surface area contributed by atoms with Gasteiger partial charge in [-0.2, -0.15) is 0 Å². The maximum absolute atomic E-state index is 12.1. The lowest BCUT2D eigenvalue weighted by molar-refractivity contribution is -0.116. The van der Waals surface area contributed by atoms with E-state index in [2.05, 4.69) is 5.43 Å². The van der Waals surface area contributed by atoms with E-state index in [9.17, 15) is 9.59 Å². The van der Waals surface area contributed by atoms with Crippen LogP contribution in [0.5, 0.6) is 0 Å². The average Bonchev–Trinajstić information content (AvgIpc) is 2.78. The summed E-state index contributed by atoms with van der Waals surface area (Å²) in [7, 11) is 0. The maximum atomic E-state index is 12.1. The Morgan fingerprint density at radius 2 is 2.04 bits per heavy atom. The number of nitrogens with zero attached hydrogens (tertiary/aromatic N) is 1. The highest BCUT2D eigenvalue weighted by Gasteiger charge is 2.19. The van der Waals surface area contributed by atoms with Crippen molar-refractivity contribution in [2.75, 3.05) is 17.8 Å². The van der Waals surface area contributed by atoms with Gasteiger partial charge in [0.1, 0.15) is 0 Å². The van der Waals surface area contributed by atoms with Crippen LogP contribution in [0.15, 0.2) is 24.3 Å². The van der Waals surface area contributed by atoms with Crippen LogP contribution in [0.25, 0.3) is 0 Å². The van der Waals surface area contributed by atoms with E-state index in [-0.39, 0.29) is 34.4 Å². The first kappa shape index (κ1) is 17.0. The highest BCUT2D eigenvalue weighted by Crippen LogP contribution is 2.15. The minimum atomic E-state index is -0.616. The molecule has 0 bridgehead atoms. The topological polar surface area (TPSA) is 110 Å². The number of rotatable bonds is 5. The summed E-state index contributed by atoms with van der Waals surface area (Å²) in [6, 6.07) is 6.83. The molecule has 0 unspecified atom stereocenters. The SMILES string of the molecule is CCOC(=O)c1sc(=N)n(NC(=O)Cc2ccc(Cl)cc2)c1N. The van der Waals surface area contributed by atoms with Crippen molar-refractivity contribution in [1.29, 1.82) is 5.41 Å². The molecular formula is C14H15ClN4O3S. The summed E-state index contributed by atoms with van der Waals surface area (Å²) in [6.45, 7) is 1.87. The molecule has 2 rings (SSSR count). The van der Waals surface area contributed by atoms with Crippen molar-refractivity contribution >= 4 is 40.6 Å². The minimum Gasteiger partial charge on any atom is -0.462 e. The van der Waals surface area contributed by atoms with Crippen molar-refractivity contribution in [3.63, 3.8) is 0 Å². The van der Waals surface area contributed by atoms with Gasteiger partial charge in [0, 0.05) is 5.02 Å². The predicted molar refractivity (Wildman–Crippen MR) is 88.1 cm³/mol. The largest absolute Gasteiger partial charge is 0.462 e. The Labute approximate surface area is 141 Å². The number of nitrogens with two attached hydrogens (primary N) is 1. The van der Waals surface area contributed by atoms with Crippen LogP contribution in [0, 0.1) is 5.41 Å². The van der Waals surface area contributed by atoms with Crippen LogP contribution in [0.3, 0.4) is 0 Å². The van der Waals surface area contributed by atoms with Crippen molar-refractivity contribution in [3.05, 3.63) is 44.5 Å². The normalized spacial score (nSPS) is 10.3. The van der Waals surface area contributed by atoms with Gasteiger partial charge in [-0.3, -0.25) is 15.6 Å². The molecule has 7 nitrogen and oxygen atoms in total. The Bertz CT molecular complexity index is 782. The number of nitrogen functional groups attached to an aromatic ring is 1. The molecule has 4 N–H and O–H groups in total. The Kier molecular flexibility index (Phi) is 5.41. The summed E-state index contributed by atoms with van der Waals surface area (Å²) < 4.78 is 5.92. The highest BCUT2D eigenvalue weighted by molar-refractivity contribution is 7.11. The van der Waals surface area contributed by atoms with E-state index in [1.165, 1.54) is 0 Å². The van der Waals surface area contributed by atoms with Gasteiger partial charge in [0.25, 0.3) is 0 Å². The van der Waals surface area contributed by atoms with Crippen molar-refractivity contribution < 1.29 is 14.3 Å². The van der Waals surface area contributed by atoms with E-state index < -0.39 is 5.97 Å². The van der Waals surface area contributed by atoms with Gasteiger partial charge in [-0.25, -0.2) is 9.47 Å². The summed E-state index contributed by atoms with van der Waals surface area (Å²) in [4.78, 5) is 23.8. The molecule has 2 aromatic rings. The first-order valence-corrected chi connectivity index (χ1v) is 7.89. The van der Waals surface area contributed by atoms with E-state index in [1.807, 2.05) is 0 Å². The fourth-order valence-corrected chi connectivity index (χ4v) is 2.70. The molecule has 0 aliphatic heterocycles. The number of hydrogen-bond donors (Lipinski definition) is 3. The lowest BCUT2D eigenvalue weighted by atomic mass is 10.1. The lowest BCUT2D eigenvalue weighted by Gasteiger charge is -2.08.